The Labute approximate surface area is 125 Å². The lowest BCUT2D eigenvalue weighted by Crippen LogP contribution is -2.28. The Morgan fingerprint density at radius 2 is 2.10 bits per heavy atom. The fraction of sp³-hybridized carbons (Fsp3) is 0.733. The number of rotatable bonds is 3. The van der Waals surface area contributed by atoms with E-state index in [1.54, 1.807) is 0 Å². The standard InChI is InChI=1S/C15H24N6/c16-11-3-4-21(8-11)14-7-13(19-15(17)20-14)18-12-6-9-1-2-10(12)5-9/h7,9-12H,1-6,8,16H2,(H3,17,18,19,20)/t9-,10+,11+,12+/m0/s1. The van der Waals surface area contributed by atoms with Gasteiger partial charge in [-0.2, -0.15) is 9.97 Å². The molecule has 1 saturated heterocycles. The van der Waals surface area contributed by atoms with Crippen molar-refractivity contribution in [3.8, 4) is 0 Å². The second-order valence-electron chi connectivity index (χ2n) is 6.89. The van der Waals surface area contributed by atoms with Crippen molar-refractivity contribution in [2.75, 3.05) is 29.0 Å². The van der Waals surface area contributed by atoms with Crippen molar-refractivity contribution in [3.05, 3.63) is 6.07 Å². The van der Waals surface area contributed by atoms with Crippen molar-refractivity contribution in [3.63, 3.8) is 0 Å². The predicted molar refractivity (Wildman–Crippen MR) is 84.1 cm³/mol. The SMILES string of the molecule is Nc1nc(N[C@@H]2C[C@H]3CC[C@@H]2C3)cc(N2CC[C@@H](N)C2)n1. The number of hydrogen-bond donors (Lipinski definition) is 3. The zero-order valence-electron chi connectivity index (χ0n) is 12.3. The molecule has 3 aliphatic rings. The summed E-state index contributed by atoms with van der Waals surface area (Å²) >= 11 is 0. The van der Waals surface area contributed by atoms with Gasteiger partial charge in [0, 0.05) is 31.2 Å². The van der Waals surface area contributed by atoms with Gasteiger partial charge in [-0.1, -0.05) is 6.42 Å². The minimum absolute atomic E-state index is 0.239. The van der Waals surface area contributed by atoms with E-state index in [1.807, 2.05) is 6.07 Å². The highest BCUT2D eigenvalue weighted by Crippen LogP contribution is 2.45. The van der Waals surface area contributed by atoms with Gasteiger partial charge in [0.25, 0.3) is 0 Å². The first-order valence-corrected chi connectivity index (χ1v) is 8.09. The summed E-state index contributed by atoms with van der Waals surface area (Å²) in [4.78, 5) is 10.9. The van der Waals surface area contributed by atoms with Crippen molar-refractivity contribution in [2.45, 2.75) is 44.2 Å². The number of nitrogens with zero attached hydrogens (tertiary/aromatic N) is 3. The Morgan fingerprint density at radius 1 is 1.19 bits per heavy atom. The highest BCUT2D eigenvalue weighted by Gasteiger charge is 2.39. The first kappa shape index (κ1) is 13.1. The Kier molecular flexibility index (Phi) is 3.14. The summed E-state index contributed by atoms with van der Waals surface area (Å²) in [5.74, 6) is 3.85. The molecule has 114 valence electrons. The van der Waals surface area contributed by atoms with Gasteiger partial charge in [0.1, 0.15) is 11.6 Å². The van der Waals surface area contributed by atoms with E-state index < -0.39 is 0 Å². The van der Waals surface area contributed by atoms with Crippen molar-refractivity contribution < 1.29 is 0 Å². The molecule has 1 aromatic heterocycles. The molecule has 2 saturated carbocycles. The number of aromatic nitrogens is 2. The molecule has 2 aliphatic carbocycles. The van der Waals surface area contributed by atoms with E-state index in [0.29, 0.717) is 12.0 Å². The van der Waals surface area contributed by atoms with Crippen molar-refractivity contribution in [1.29, 1.82) is 0 Å². The molecule has 21 heavy (non-hydrogen) atoms. The highest BCUT2D eigenvalue weighted by atomic mass is 15.2. The first-order valence-electron chi connectivity index (χ1n) is 8.09. The molecule has 5 N–H and O–H groups in total. The summed E-state index contributed by atoms with van der Waals surface area (Å²) in [5, 5.41) is 3.60. The fourth-order valence-corrected chi connectivity index (χ4v) is 4.30. The van der Waals surface area contributed by atoms with Gasteiger partial charge in [0.05, 0.1) is 0 Å². The number of hydrogen-bond acceptors (Lipinski definition) is 6. The van der Waals surface area contributed by atoms with Crippen LogP contribution in [0.25, 0.3) is 0 Å². The highest BCUT2D eigenvalue weighted by molar-refractivity contribution is 5.53. The third kappa shape index (κ3) is 2.52. The predicted octanol–water partition coefficient (Wildman–Crippen LogP) is 1.20. The van der Waals surface area contributed by atoms with Crippen LogP contribution in [0.15, 0.2) is 6.07 Å². The van der Waals surface area contributed by atoms with Crippen LogP contribution in [0.3, 0.4) is 0 Å². The first-order chi connectivity index (χ1) is 10.2. The van der Waals surface area contributed by atoms with E-state index in [4.69, 9.17) is 11.5 Å². The quantitative estimate of drug-likeness (QED) is 0.774. The molecular weight excluding hydrogens is 264 g/mol. The zero-order valence-corrected chi connectivity index (χ0v) is 12.3. The number of nitrogens with one attached hydrogen (secondary N) is 1. The Balaban J connectivity index is 1.51. The molecule has 4 rings (SSSR count). The maximum absolute atomic E-state index is 5.98. The summed E-state index contributed by atoms with van der Waals surface area (Å²) < 4.78 is 0. The van der Waals surface area contributed by atoms with Crippen LogP contribution < -0.4 is 21.7 Å². The average Bonchev–Trinajstić information content (AvgIpc) is 3.14. The lowest BCUT2D eigenvalue weighted by Gasteiger charge is -2.24. The van der Waals surface area contributed by atoms with Crippen LogP contribution >= 0.6 is 0 Å². The monoisotopic (exact) mass is 288 g/mol. The number of anilines is 3. The number of fused-ring (bicyclic) bond motifs is 2. The Bertz CT molecular complexity index is 533. The number of nitrogen functional groups attached to an aromatic ring is 1. The molecule has 3 fully saturated rings. The van der Waals surface area contributed by atoms with Gasteiger partial charge in [-0.3, -0.25) is 0 Å². The Hall–Kier alpha value is -1.56. The molecule has 0 amide bonds. The second kappa shape index (κ2) is 5.02. The van der Waals surface area contributed by atoms with Crippen molar-refractivity contribution >= 4 is 17.6 Å². The molecule has 2 bridgehead atoms. The summed E-state index contributed by atoms with van der Waals surface area (Å²) in [7, 11) is 0. The second-order valence-corrected chi connectivity index (χ2v) is 6.89. The van der Waals surface area contributed by atoms with E-state index >= 15 is 0 Å². The van der Waals surface area contributed by atoms with Crippen LogP contribution in [0.1, 0.15) is 32.1 Å². The van der Waals surface area contributed by atoms with Crippen molar-refractivity contribution in [2.24, 2.45) is 17.6 Å². The van der Waals surface area contributed by atoms with Crippen LogP contribution in [0.4, 0.5) is 17.6 Å². The summed E-state index contributed by atoms with van der Waals surface area (Å²) in [6, 6.07) is 2.83. The van der Waals surface area contributed by atoms with Gasteiger partial charge >= 0.3 is 0 Å². The summed E-state index contributed by atoms with van der Waals surface area (Å²) in [6.07, 6.45) is 6.44. The molecule has 2 heterocycles. The van der Waals surface area contributed by atoms with Gasteiger partial charge in [-0.15, -0.1) is 0 Å². The smallest absolute Gasteiger partial charge is 0.223 e. The minimum atomic E-state index is 0.239. The van der Waals surface area contributed by atoms with E-state index in [-0.39, 0.29) is 6.04 Å². The average molecular weight is 288 g/mol. The van der Waals surface area contributed by atoms with Gasteiger partial charge in [0.15, 0.2) is 0 Å². The molecule has 1 aliphatic heterocycles. The van der Waals surface area contributed by atoms with E-state index in [0.717, 1.165) is 43.0 Å². The van der Waals surface area contributed by atoms with E-state index in [1.165, 1.54) is 25.7 Å². The summed E-state index contributed by atoms with van der Waals surface area (Å²) in [5.41, 5.74) is 11.9. The molecule has 0 radical (unpaired) electrons. The zero-order chi connectivity index (χ0) is 14.4. The lowest BCUT2D eigenvalue weighted by molar-refractivity contribution is 0.439. The summed E-state index contributed by atoms with van der Waals surface area (Å²) in [6.45, 7) is 1.80. The Morgan fingerprint density at radius 3 is 2.76 bits per heavy atom. The third-order valence-corrected chi connectivity index (χ3v) is 5.35. The van der Waals surface area contributed by atoms with Crippen molar-refractivity contribution in [1.82, 2.24) is 9.97 Å². The molecule has 0 unspecified atom stereocenters. The third-order valence-electron chi connectivity index (χ3n) is 5.35. The molecule has 0 spiro atoms. The molecule has 1 aromatic rings. The van der Waals surface area contributed by atoms with Crippen LogP contribution in [0.2, 0.25) is 0 Å². The van der Waals surface area contributed by atoms with E-state index in [2.05, 4.69) is 20.2 Å². The van der Waals surface area contributed by atoms with Gasteiger partial charge in [-0.25, -0.2) is 0 Å². The molecule has 4 atom stereocenters. The van der Waals surface area contributed by atoms with E-state index in [9.17, 15) is 0 Å². The van der Waals surface area contributed by atoms with Gasteiger partial charge < -0.3 is 21.7 Å². The molecule has 0 aromatic carbocycles. The maximum Gasteiger partial charge on any atom is 0.223 e. The molecule has 6 heteroatoms. The fourth-order valence-electron chi connectivity index (χ4n) is 4.30. The van der Waals surface area contributed by atoms with Crippen LogP contribution in [-0.4, -0.2) is 35.1 Å². The van der Waals surface area contributed by atoms with Crippen LogP contribution in [0, 0.1) is 11.8 Å². The van der Waals surface area contributed by atoms with Gasteiger partial charge in [0.2, 0.25) is 5.95 Å². The molecular formula is C15H24N6. The molecule has 6 nitrogen and oxygen atoms in total. The largest absolute Gasteiger partial charge is 0.368 e. The van der Waals surface area contributed by atoms with Crippen LogP contribution in [0.5, 0.6) is 0 Å². The topological polar surface area (TPSA) is 93.1 Å². The lowest BCUT2D eigenvalue weighted by atomic mass is 9.95. The number of nitrogens with two attached hydrogens (primary N) is 2. The maximum atomic E-state index is 5.98. The van der Waals surface area contributed by atoms with Gasteiger partial charge in [-0.05, 0) is 37.5 Å². The normalized spacial score (nSPS) is 34.6. The van der Waals surface area contributed by atoms with Crippen LogP contribution in [-0.2, 0) is 0 Å². The minimum Gasteiger partial charge on any atom is -0.368 e.